The van der Waals surface area contributed by atoms with Crippen LogP contribution in [0.1, 0.15) is 123 Å². The summed E-state index contributed by atoms with van der Waals surface area (Å²) in [4.78, 5) is 29.0. The minimum atomic E-state index is -4.06. The molecule has 178 valence electrons. The van der Waals surface area contributed by atoms with Crippen molar-refractivity contribution in [3.63, 3.8) is 0 Å². The average molecular weight is 454 g/mol. The van der Waals surface area contributed by atoms with Gasteiger partial charge in [-0.2, -0.15) is 0 Å². The van der Waals surface area contributed by atoms with Crippen LogP contribution in [0.15, 0.2) is 0 Å². The van der Waals surface area contributed by atoms with Crippen molar-refractivity contribution in [2.45, 2.75) is 129 Å². The lowest BCUT2D eigenvalue weighted by Crippen LogP contribution is -3.00. The molecule has 0 aromatic heterocycles. The van der Waals surface area contributed by atoms with Gasteiger partial charge in [0.05, 0.1) is 20.6 Å². The predicted octanol–water partition coefficient (Wildman–Crippen LogP) is 2.56. The van der Waals surface area contributed by atoms with Crippen LogP contribution in [0.25, 0.3) is 0 Å². The Morgan fingerprint density at radius 2 is 0.897 bits per heavy atom. The lowest BCUT2D eigenvalue weighted by atomic mass is 10.0. The van der Waals surface area contributed by atoms with Crippen LogP contribution in [-0.2, 0) is 0 Å². The fourth-order valence-corrected chi connectivity index (χ4v) is 6.07. The minimum Gasteiger partial charge on any atom is -1.00 e. The fourth-order valence-electron chi connectivity index (χ4n) is 4.46. The largest absolute Gasteiger partial charge is 1.00 e. The molecule has 0 amide bonds. The summed E-state index contributed by atoms with van der Waals surface area (Å²) < 4.78 is 0.505. The molecule has 3 N–H and O–H groups in total. The van der Waals surface area contributed by atoms with E-state index >= 15 is 0 Å². The topological polar surface area (TPSA) is 60.7 Å². The summed E-state index contributed by atoms with van der Waals surface area (Å²) in [7, 11) is -0.0531. The molecule has 1 atom stereocenters. The van der Waals surface area contributed by atoms with Gasteiger partial charge in [0.1, 0.15) is 0 Å². The molecule has 0 aliphatic rings. The van der Waals surface area contributed by atoms with Crippen molar-refractivity contribution >= 4 is 8.80 Å². The van der Waals surface area contributed by atoms with Crippen LogP contribution in [0, 0.1) is 0 Å². The number of halogens is 1. The van der Waals surface area contributed by atoms with Crippen LogP contribution in [-0.4, -0.2) is 54.0 Å². The van der Waals surface area contributed by atoms with Crippen LogP contribution >= 0.6 is 0 Å². The Morgan fingerprint density at radius 1 is 0.586 bits per heavy atom. The molecule has 0 fully saturated rings. The first kappa shape index (κ1) is 31.5. The highest BCUT2D eigenvalue weighted by atomic mass is 35.5. The molecule has 29 heavy (non-hydrogen) atoms. The molecule has 1 unspecified atom stereocenters. The van der Waals surface area contributed by atoms with Gasteiger partial charge in [-0.3, -0.25) is 0 Å². The van der Waals surface area contributed by atoms with Crippen molar-refractivity contribution in [1.82, 2.24) is 0 Å². The van der Waals surface area contributed by atoms with Crippen molar-refractivity contribution in [2.75, 3.05) is 20.6 Å². The van der Waals surface area contributed by atoms with Gasteiger partial charge < -0.3 is 31.3 Å². The van der Waals surface area contributed by atoms with Crippen molar-refractivity contribution < 1.29 is 31.3 Å². The second-order valence-corrected chi connectivity index (χ2v) is 11.5. The molecule has 0 aliphatic heterocycles. The molecule has 0 aliphatic carbocycles. The quantitative estimate of drug-likeness (QED) is 0.151. The van der Waals surface area contributed by atoms with E-state index in [0.29, 0.717) is 10.9 Å². The van der Waals surface area contributed by atoms with E-state index in [9.17, 15) is 14.4 Å². The third kappa shape index (κ3) is 17.7. The summed E-state index contributed by atoms with van der Waals surface area (Å²) in [6, 6.07) is 0. The maximum atomic E-state index is 9.68. The highest BCUT2D eigenvalue weighted by molar-refractivity contribution is 6.57. The zero-order valence-electron chi connectivity index (χ0n) is 20.0. The molecule has 0 radical (unpaired) electrons. The van der Waals surface area contributed by atoms with Crippen molar-refractivity contribution in [1.29, 1.82) is 0 Å². The Kier molecular flexibility index (Phi) is 20.7. The standard InChI is InChI=1S/C23H52NO3Si.ClH/c1-5-7-8-9-10-11-12-13-14-15-16-17-18-19-20-21-22-24(3,4)23(6-2)28(25,26)27;/h23,25-27H,5-22H2,1-4H3;1H/q+1;/p-1. The predicted molar refractivity (Wildman–Crippen MR) is 123 cm³/mol. The van der Waals surface area contributed by atoms with Gasteiger partial charge in [-0.05, 0) is 12.8 Å². The lowest BCUT2D eigenvalue weighted by Gasteiger charge is -2.39. The average Bonchev–Trinajstić information content (AvgIpc) is 2.60. The van der Waals surface area contributed by atoms with Crippen LogP contribution in [0.5, 0.6) is 0 Å². The molecule has 0 bridgehead atoms. The van der Waals surface area contributed by atoms with Gasteiger partial charge in [0, 0.05) is 6.42 Å². The van der Waals surface area contributed by atoms with Gasteiger partial charge in [0.25, 0.3) is 0 Å². The first-order valence-electron chi connectivity index (χ1n) is 12.3. The van der Waals surface area contributed by atoms with Crippen molar-refractivity contribution in [3.8, 4) is 0 Å². The Bertz CT molecular complexity index is 352. The van der Waals surface area contributed by atoms with Crippen molar-refractivity contribution in [3.05, 3.63) is 0 Å². The van der Waals surface area contributed by atoms with E-state index in [4.69, 9.17) is 0 Å². The van der Waals surface area contributed by atoms with Gasteiger partial charge in [0.15, 0.2) is 5.67 Å². The van der Waals surface area contributed by atoms with Gasteiger partial charge in [-0.15, -0.1) is 0 Å². The van der Waals surface area contributed by atoms with E-state index in [1.54, 1.807) is 0 Å². The van der Waals surface area contributed by atoms with Gasteiger partial charge in [-0.25, -0.2) is 0 Å². The third-order valence-electron chi connectivity index (χ3n) is 6.27. The number of nitrogens with zero attached hydrogens (tertiary/aromatic N) is 1. The van der Waals surface area contributed by atoms with Crippen LogP contribution in [0.2, 0.25) is 0 Å². The SMILES string of the molecule is CCCCCCCCCCCCCCCCCC[N+](C)(C)C(CC)[Si](O)(O)O.[Cl-]. The number of rotatable bonds is 20. The molecule has 0 saturated carbocycles. The number of hydrogen-bond acceptors (Lipinski definition) is 3. The van der Waals surface area contributed by atoms with Gasteiger partial charge >= 0.3 is 8.80 Å². The van der Waals surface area contributed by atoms with Crippen molar-refractivity contribution in [2.24, 2.45) is 0 Å². The summed E-state index contributed by atoms with van der Waals surface area (Å²) in [5.74, 6) is 0. The zero-order chi connectivity index (χ0) is 21.3. The zero-order valence-corrected chi connectivity index (χ0v) is 21.7. The number of unbranched alkanes of at least 4 members (excludes halogenated alkanes) is 15. The van der Waals surface area contributed by atoms with Crippen LogP contribution < -0.4 is 12.4 Å². The fraction of sp³-hybridized carbons (Fsp3) is 1.00. The Labute approximate surface area is 189 Å². The van der Waals surface area contributed by atoms with E-state index < -0.39 is 14.5 Å². The summed E-state index contributed by atoms with van der Waals surface area (Å²) in [5, 5.41) is 0. The second-order valence-electron chi connectivity index (χ2n) is 9.42. The van der Waals surface area contributed by atoms with E-state index in [-0.39, 0.29) is 12.4 Å². The Balaban J connectivity index is 0. The molecule has 0 aromatic rings. The summed E-state index contributed by atoms with van der Waals surface area (Å²) in [6.45, 7) is 5.09. The normalized spacial score (nSPS) is 13.3. The number of hydrogen-bond donors (Lipinski definition) is 3. The highest BCUT2D eigenvalue weighted by Gasteiger charge is 2.48. The molecule has 0 aromatic carbocycles. The molecule has 4 nitrogen and oxygen atoms in total. The highest BCUT2D eigenvalue weighted by Crippen LogP contribution is 2.19. The molecule has 0 heterocycles. The molecular weight excluding hydrogens is 402 g/mol. The molecular formula is C23H52ClNO3Si. The molecule has 0 rings (SSSR count). The van der Waals surface area contributed by atoms with E-state index in [0.717, 1.165) is 13.0 Å². The number of quaternary nitrogens is 1. The van der Waals surface area contributed by atoms with E-state index in [1.165, 1.54) is 96.3 Å². The first-order valence-corrected chi connectivity index (χ1v) is 14.2. The summed E-state index contributed by atoms with van der Waals surface area (Å²) >= 11 is 0. The lowest BCUT2D eigenvalue weighted by molar-refractivity contribution is -0.906. The second kappa shape index (κ2) is 19.1. The summed E-state index contributed by atoms with van der Waals surface area (Å²) in [5.41, 5.74) is -0.427. The van der Waals surface area contributed by atoms with Crippen LogP contribution in [0.4, 0.5) is 0 Å². The summed E-state index contributed by atoms with van der Waals surface area (Å²) in [6.07, 6.45) is 22.4. The Morgan fingerprint density at radius 3 is 1.17 bits per heavy atom. The molecule has 6 heteroatoms. The third-order valence-corrected chi connectivity index (χ3v) is 8.27. The molecule has 0 saturated heterocycles. The van der Waals surface area contributed by atoms with E-state index in [1.807, 2.05) is 21.0 Å². The van der Waals surface area contributed by atoms with Crippen LogP contribution in [0.3, 0.4) is 0 Å². The maximum Gasteiger partial charge on any atom is 0.554 e. The first-order chi connectivity index (χ1) is 13.3. The maximum absolute atomic E-state index is 9.68. The van der Waals surface area contributed by atoms with Gasteiger partial charge in [-0.1, -0.05) is 104 Å². The van der Waals surface area contributed by atoms with E-state index in [2.05, 4.69) is 6.92 Å². The monoisotopic (exact) mass is 453 g/mol. The smallest absolute Gasteiger partial charge is 0.554 e. The molecule has 0 spiro atoms. The Hall–Kier alpha value is 0.347. The van der Waals surface area contributed by atoms with Gasteiger partial charge in [0.2, 0.25) is 0 Å². The minimum absolute atomic E-state index is 0.